The van der Waals surface area contributed by atoms with Crippen LogP contribution in [-0.4, -0.2) is 31.6 Å². The minimum Gasteiger partial charge on any atom is -0.497 e. The summed E-state index contributed by atoms with van der Waals surface area (Å²) in [5.74, 6) is 0.515. The number of hydrogen-bond donors (Lipinski definition) is 0. The van der Waals surface area contributed by atoms with Crippen molar-refractivity contribution in [3.8, 4) is 28.4 Å². The molecule has 0 amide bonds. The number of carbonyl (C=O) groups excluding carboxylic acids is 3. The molecule has 0 radical (unpaired) electrons. The Labute approximate surface area is 252 Å². The molecule has 7 nitrogen and oxygen atoms in total. The van der Waals surface area contributed by atoms with Crippen LogP contribution in [0, 0.1) is 0 Å². The van der Waals surface area contributed by atoms with Crippen molar-refractivity contribution >= 4 is 17.9 Å². The van der Waals surface area contributed by atoms with E-state index in [4.69, 9.17) is 18.9 Å². The van der Waals surface area contributed by atoms with Crippen molar-refractivity contribution in [2.45, 2.75) is 44.9 Å². The first kappa shape index (κ1) is 31.0. The zero-order valence-corrected chi connectivity index (χ0v) is 24.3. The van der Waals surface area contributed by atoms with E-state index in [0.717, 1.165) is 55.4 Å². The monoisotopic (exact) mass is 580 g/mol. The summed E-state index contributed by atoms with van der Waals surface area (Å²) in [7, 11) is 1.63. The molecule has 4 aromatic carbocycles. The lowest BCUT2D eigenvalue weighted by Crippen LogP contribution is -2.10. The van der Waals surface area contributed by atoms with Crippen LogP contribution in [0.2, 0.25) is 0 Å². The number of hydrogen-bond acceptors (Lipinski definition) is 7. The van der Waals surface area contributed by atoms with Gasteiger partial charge in [-0.05, 0) is 84.6 Å². The van der Waals surface area contributed by atoms with Crippen LogP contribution in [0.4, 0.5) is 0 Å². The predicted molar refractivity (Wildman–Crippen MR) is 165 cm³/mol. The fourth-order valence-electron chi connectivity index (χ4n) is 4.41. The van der Waals surface area contributed by atoms with Crippen molar-refractivity contribution in [2.24, 2.45) is 0 Å². The van der Waals surface area contributed by atoms with Gasteiger partial charge in [-0.3, -0.25) is 4.79 Å². The lowest BCUT2D eigenvalue weighted by molar-refractivity contribution is -0.134. The topological polar surface area (TPSA) is 88.1 Å². The molecule has 0 bridgehead atoms. The van der Waals surface area contributed by atoms with E-state index in [2.05, 4.69) is 0 Å². The van der Waals surface area contributed by atoms with Crippen LogP contribution in [0.1, 0.15) is 65.7 Å². The van der Waals surface area contributed by atoms with E-state index in [1.807, 2.05) is 54.6 Å². The van der Waals surface area contributed by atoms with Crippen LogP contribution >= 0.6 is 0 Å². The van der Waals surface area contributed by atoms with E-state index in [1.165, 1.54) is 0 Å². The molecular weight excluding hydrogens is 544 g/mol. The third kappa shape index (κ3) is 10.1. The standard InChI is InChI=1S/C36H36O7/c1-40-31-20-14-27(15-21-31)28-16-22-33(23-17-28)43-36(39)30-18-24-32(25-19-30)42-34(37)13-9-4-2-3-5-10-26-41-35(38)29-11-7-6-8-12-29/h6-8,11-12,14-25H,2-5,9-10,13,26H2,1H3. The molecule has 0 aromatic heterocycles. The third-order valence-corrected chi connectivity index (χ3v) is 6.83. The fourth-order valence-corrected chi connectivity index (χ4v) is 4.41. The summed E-state index contributed by atoms with van der Waals surface area (Å²) in [5, 5.41) is 0. The second-order valence-electron chi connectivity index (χ2n) is 10.0. The number of methoxy groups -OCH3 is 1. The van der Waals surface area contributed by atoms with E-state index < -0.39 is 5.97 Å². The summed E-state index contributed by atoms with van der Waals surface area (Å²) in [6.07, 6.45) is 5.79. The largest absolute Gasteiger partial charge is 0.497 e. The van der Waals surface area contributed by atoms with Gasteiger partial charge in [-0.1, -0.05) is 68.1 Å². The van der Waals surface area contributed by atoms with Crippen molar-refractivity contribution in [1.29, 1.82) is 0 Å². The SMILES string of the molecule is COc1ccc(-c2ccc(OC(=O)c3ccc(OC(=O)CCCCCCCCOC(=O)c4ccccc4)cc3)cc2)cc1. The second-order valence-corrected chi connectivity index (χ2v) is 10.0. The van der Waals surface area contributed by atoms with Crippen LogP contribution in [0.3, 0.4) is 0 Å². The number of unbranched alkanes of at least 4 members (excludes halogenated alkanes) is 5. The highest BCUT2D eigenvalue weighted by molar-refractivity contribution is 5.91. The summed E-state index contributed by atoms with van der Waals surface area (Å²) in [5.41, 5.74) is 2.94. The molecule has 0 aliphatic heterocycles. The van der Waals surface area contributed by atoms with Gasteiger partial charge in [0.2, 0.25) is 0 Å². The Bertz CT molecular complexity index is 1440. The number of rotatable bonds is 15. The maximum absolute atomic E-state index is 12.6. The van der Waals surface area contributed by atoms with Gasteiger partial charge in [0.15, 0.2) is 0 Å². The summed E-state index contributed by atoms with van der Waals surface area (Å²) in [6, 6.07) is 30.3. The van der Waals surface area contributed by atoms with Crippen molar-refractivity contribution in [1.82, 2.24) is 0 Å². The molecule has 0 aliphatic carbocycles. The smallest absolute Gasteiger partial charge is 0.343 e. The van der Waals surface area contributed by atoms with Gasteiger partial charge in [0.1, 0.15) is 17.2 Å². The van der Waals surface area contributed by atoms with Gasteiger partial charge in [0.05, 0.1) is 24.8 Å². The molecule has 0 saturated carbocycles. The molecule has 0 atom stereocenters. The molecule has 0 unspecified atom stereocenters. The summed E-state index contributed by atoms with van der Waals surface area (Å²) in [6.45, 7) is 0.412. The van der Waals surface area contributed by atoms with Crippen molar-refractivity contribution in [2.75, 3.05) is 13.7 Å². The van der Waals surface area contributed by atoms with Crippen LogP contribution in [0.15, 0.2) is 103 Å². The van der Waals surface area contributed by atoms with Crippen molar-refractivity contribution in [3.63, 3.8) is 0 Å². The molecule has 0 aliphatic rings. The maximum atomic E-state index is 12.6. The Balaban J connectivity index is 1.08. The first-order valence-electron chi connectivity index (χ1n) is 14.5. The second kappa shape index (κ2) is 16.5. The van der Waals surface area contributed by atoms with Gasteiger partial charge in [0.25, 0.3) is 0 Å². The molecule has 222 valence electrons. The number of benzene rings is 4. The van der Waals surface area contributed by atoms with E-state index >= 15 is 0 Å². The van der Waals surface area contributed by atoms with Gasteiger partial charge in [-0.15, -0.1) is 0 Å². The Morgan fingerprint density at radius 3 is 1.65 bits per heavy atom. The minimum absolute atomic E-state index is 0.291. The summed E-state index contributed by atoms with van der Waals surface area (Å²) in [4.78, 5) is 36.7. The Hall–Kier alpha value is -4.91. The quantitative estimate of drug-likeness (QED) is 0.0798. The highest BCUT2D eigenvalue weighted by atomic mass is 16.5. The predicted octanol–water partition coefficient (Wildman–Crippen LogP) is 8.07. The zero-order chi connectivity index (χ0) is 30.3. The van der Waals surface area contributed by atoms with Crippen LogP contribution in [-0.2, 0) is 9.53 Å². The van der Waals surface area contributed by atoms with Crippen molar-refractivity contribution in [3.05, 3.63) is 114 Å². The summed E-state index contributed by atoms with van der Waals surface area (Å²) >= 11 is 0. The number of ether oxygens (including phenoxy) is 4. The zero-order valence-electron chi connectivity index (χ0n) is 24.3. The Morgan fingerprint density at radius 1 is 0.512 bits per heavy atom. The Kier molecular flexibility index (Phi) is 11.9. The third-order valence-electron chi connectivity index (χ3n) is 6.83. The van der Waals surface area contributed by atoms with Gasteiger partial charge < -0.3 is 18.9 Å². The van der Waals surface area contributed by atoms with Crippen LogP contribution < -0.4 is 14.2 Å². The average molecular weight is 581 g/mol. The normalized spacial score (nSPS) is 10.5. The molecule has 7 heteroatoms. The molecule has 0 N–H and O–H groups in total. The maximum Gasteiger partial charge on any atom is 0.343 e. The highest BCUT2D eigenvalue weighted by Gasteiger charge is 2.11. The van der Waals surface area contributed by atoms with Gasteiger partial charge >= 0.3 is 17.9 Å². The number of esters is 3. The van der Waals surface area contributed by atoms with Crippen LogP contribution in [0.25, 0.3) is 11.1 Å². The average Bonchev–Trinajstić information content (AvgIpc) is 3.05. The van der Waals surface area contributed by atoms with Gasteiger partial charge in [-0.2, -0.15) is 0 Å². The first-order chi connectivity index (χ1) is 21.0. The molecule has 0 heterocycles. The molecule has 0 spiro atoms. The van der Waals surface area contributed by atoms with E-state index in [0.29, 0.717) is 35.7 Å². The summed E-state index contributed by atoms with van der Waals surface area (Å²) < 4.78 is 21.4. The van der Waals surface area contributed by atoms with E-state index in [9.17, 15) is 14.4 Å². The molecule has 0 fully saturated rings. The lowest BCUT2D eigenvalue weighted by Gasteiger charge is -2.08. The van der Waals surface area contributed by atoms with Gasteiger partial charge in [-0.25, -0.2) is 9.59 Å². The lowest BCUT2D eigenvalue weighted by atomic mass is 10.1. The molecule has 43 heavy (non-hydrogen) atoms. The fraction of sp³-hybridized carbons (Fsp3) is 0.250. The Morgan fingerprint density at radius 2 is 1.02 bits per heavy atom. The van der Waals surface area contributed by atoms with Crippen molar-refractivity contribution < 1.29 is 33.3 Å². The van der Waals surface area contributed by atoms with E-state index in [1.54, 1.807) is 55.6 Å². The van der Waals surface area contributed by atoms with Crippen LogP contribution in [0.5, 0.6) is 17.2 Å². The number of carbonyl (C=O) groups is 3. The first-order valence-corrected chi connectivity index (χ1v) is 14.5. The molecule has 0 saturated heterocycles. The molecule has 4 aromatic rings. The molecular formula is C36H36O7. The van der Waals surface area contributed by atoms with Gasteiger partial charge in [0, 0.05) is 6.42 Å². The van der Waals surface area contributed by atoms with E-state index in [-0.39, 0.29) is 11.9 Å². The highest BCUT2D eigenvalue weighted by Crippen LogP contribution is 2.25. The molecule has 4 rings (SSSR count). The minimum atomic E-state index is -0.496.